The van der Waals surface area contributed by atoms with Crippen LogP contribution in [-0.2, 0) is 4.74 Å². The number of aliphatic hydroxyl groups is 1. The Morgan fingerprint density at radius 1 is 0.950 bits per heavy atom. The van der Waals surface area contributed by atoms with Gasteiger partial charge in [0.1, 0.15) is 0 Å². The molecular weight excluding hydrogens is 267 g/mol. The first-order chi connectivity index (χ1) is 9.68. The second-order valence-electron chi connectivity index (χ2n) is 6.72. The van der Waals surface area contributed by atoms with Gasteiger partial charge in [-0.2, -0.15) is 0 Å². The molecule has 0 aromatic rings. The fourth-order valence-electron chi connectivity index (χ4n) is 3.91. The van der Waals surface area contributed by atoms with Gasteiger partial charge in [0.15, 0.2) is 0 Å². The van der Waals surface area contributed by atoms with Crippen LogP contribution in [0.2, 0.25) is 0 Å². The van der Waals surface area contributed by atoms with E-state index in [4.69, 9.17) is 4.74 Å². The van der Waals surface area contributed by atoms with Crippen LogP contribution < -0.4 is 0 Å². The van der Waals surface area contributed by atoms with Gasteiger partial charge in [-0.25, -0.2) is 0 Å². The standard InChI is InChI=1S/C17H37O2P/c1-4-7-12-20(13-8-5-2,14-9-6-3)16-10-11-19-17(18)15-16/h16-18,20H,4-15H2,1-3H3. The van der Waals surface area contributed by atoms with Crippen molar-refractivity contribution in [2.45, 2.75) is 84.1 Å². The molecule has 0 radical (unpaired) electrons. The summed E-state index contributed by atoms with van der Waals surface area (Å²) in [5.74, 6) is 0. The van der Waals surface area contributed by atoms with E-state index in [-0.39, 0.29) is 0 Å². The number of ether oxygens (including phenoxy) is 1. The molecule has 0 aromatic heterocycles. The van der Waals surface area contributed by atoms with Crippen molar-refractivity contribution in [3.05, 3.63) is 0 Å². The third-order valence-corrected chi connectivity index (χ3v) is 11.5. The zero-order valence-electron chi connectivity index (χ0n) is 14.0. The summed E-state index contributed by atoms with van der Waals surface area (Å²) in [6.45, 7) is 7.73. The topological polar surface area (TPSA) is 29.5 Å². The molecule has 0 aliphatic carbocycles. The molecule has 0 amide bonds. The van der Waals surface area contributed by atoms with Gasteiger partial charge in [0.2, 0.25) is 0 Å². The minimum atomic E-state index is -1.24. The van der Waals surface area contributed by atoms with Crippen LogP contribution in [0.4, 0.5) is 0 Å². The zero-order valence-corrected chi connectivity index (χ0v) is 15.0. The fraction of sp³-hybridized carbons (Fsp3) is 1.00. The molecule has 2 nitrogen and oxygen atoms in total. The Morgan fingerprint density at radius 2 is 1.45 bits per heavy atom. The van der Waals surface area contributed by atoms with Gasteiger partial charge in [0, 0.05) is 0 Å². The first-order valence-corrected chi connectivity index (χ1v) is 11.7. The monoisotopic (exact) mass is 304 g/mol. The molecule has 20 heavy (non-hydrogen) atoms. The summed E-state index contributed by atoms with van der Waals surface area (Å²) in [6.07, 6.45) is 14.3. The molecule has 0 saturated carbocycles. The van der Waals surface area contributed by atoms with Crippen molar-refractivity contribution in [1.29, 1.82) is 0 Å². The predicted molar refractivity (Wildman–Crippen MR) is 92.6 cm³/mol. The van der Waals surface area contributed by atoms with E-state index in [9.17, 15) is 5.11 Å². The van der Waals surface area contributed by atoms with Crippen LogP contribution in [0.25, 0.3) is 0 Å². The van der Waals surface area contributed by atoms with E-state index in [1.165, 1.54) is 63.4 Å². The summed E-state index contributed by atoms with van der Waals surface area (Å²) in [5.41, 5.74) is 0.802. The molecule has 0 spiro atoms. The Hall–Kier alpha value is 0.350. The molecule has 1 saturated heterocycles. The van der Waals surface area contributed by atoms with E-state index >= 15 is 0 Å². The fourth-order valence-corrected chi connectivity index (χ4v) is 10.5. The molecule has 2 unspecified atom stereocenters. The van der Waals surface area contributed by atoms with Gasteiger partial charge in [0.25, 0.3) is 0 Å². The van der Waals surface area contributed by atoms with Crippen LogP contribution in [0.15, 0.2) is 0 Å². The van der Waals surface area contributed by atoms with E-state index in [1.807, 2.05) is 0 Å². The Bertz CT molecular complexity index is 223. The second-order valence-corrected chi connectivity index (χ2v) is 11.8. The summed E-state index contributed by atoms with van der Waals surface area (Å²) in [5, 5.41) is 9.92. The van der Waals surface area contributed by atoms with Crippen LogP contribution in [0, 0.1) is 0 Å². The molecule has 122 valence electrons. The van der Waals surface area contributed by atoms with Crippen molar-refractivity contribution in [3.8, 4) is 0 Å². The second kappa shape index (κ2) is 10.1. The summed E-state index contributed by atoms with van der Waals surface area (Å²) < 4.78 is 5.39. The third kappa shape index (κ3) is 5.62. The van der Waals surface area contributed by atoms with Crippen molar-refractivity contribution < 1.29 is 9.84 Å². The SMILES string of the molecule is CCCC[PH](CCCC)(CCCC)C1CCOC(O)C1. The van der Waals surface area contributed by atoms with Gasteiger partial charge >= 0.3 is 126 Å². The number of unbranched alkanes of at least 4 members (excludes halogenated alkanes) is 3. The molecule has 1 heterocycles. The Kier molecular flexibility index (Phi) is 9.33. The molecule has 1 N–H and O–H groups in total. The van der Waals surface area contributed by atoms with E-state index in [1.54, 1.807) is 0 Å². The number of aliphatic hydroxyl groups excluding tert-OH is 1. The summed E-state index contributed by atoms with van der Waals surface area (Å²) in [4.78, 5) is 0. The van der Waals surface area contributed by atoms with Crippen LogP contribution in [0.3, 0.4) is 0 Å². The average molecular weight is 304 g/mol. The molecule has 2 atom stereocenters. The van der Waals surface area contributed by atoms with Crippen molar-refractivity contribution in [2.24, 2.45) is 0 Å². The van der Waals surface area contributed by atoms with Crippen molar-refractivity contribution in [1.82, 2.24) is 0 Å². The minimum absolute atomic E-state index is 0.481. The van der Waals surface area contributed by atoms with E-state index in [2.05, 4.69) is 20.8 Å². The van der Waals surface area contributed by atoms with Gasteiger partial charge in [-0.3, -0.25) is 0 Å². The number of hydrogen-bond donors (Lipinski definition) is 1. The third-order valence-electron chi connectivity index (χ3n) is 5.21. The molecule has 3 heteroatoms. The maximum atomic E-state index is 9.92. The summed E-state index contributed by atoms with van der Waals surface area (Å²) in [6, 6.07) is 0. The van der Waals surface area contributed by atoms with Gasteiger partial charge in [-0.15, -0.1) is 0 Å². The molecule has 1 rings (SSSR count). The quantitative estimate of drug-likeness (QED) is 0.596. The van der Waals surface area contributed by atoms with Gasteiger partial charge in [-0.05, 0) is 0 Å². The van der Waals surface area contributed by atoms with Crippen molar-refractivity contribution in [3.63, 3.8) is 0 Å². The van der Waals surface area contributed by atoms with Crippen molar-refractivity contribution >= 4 is 7.26 Å². The first kappa shape index (κ1) is 18.4. The molecule has 1 aliphatic rings. The van der Waals surface area contributed by atoms with E-state index in [0.717, 1.165) is 18.7 Å². The Morgan fingerprint density at radius 3 is 1.85 bits per heavy atom. The molecule has 0 bridgehead atoms. The molecule has 1 aliphatic heterocycles. The summed E-state index contributed by atoms with van der Waals surface area (Å²) in [7, 11) is -1.24. The normalized spacial score (nSPS) is 24.8. The predicted octanol–water partition coefficient (Wildman–Crippen LogP) is 4.63. The van der Waals surface area contributed by atoms with Gasteiger partial charge in [-0.1, -0.05) is 0 Å². The van der Waals surface area contributed by atoms with Gasteiger partial charge < -0.3 is 0 Å². The molecule has 1 fully saturated rings. The molecular formula is C17H37O2P. The van der Waals surface area contributed by atoms with Crippen LogP contribution in [0.5, 0.6) is 0 Å². The number of rotatable bonds is 10. The van der Waals surface area contributed by atoms with Crippen molar-refractivity contribution in [2.75, 3.05) is 25.1 Å². The molecule has 0 aromatic carbocycles. The first-order valence-electron chi connectivity index (χ1n) is 8.98. The number of hydrogen-bond acceptors (Lipinski definition) is 2. The van der Waals surface area contributed by atoms with E-state index in [0.29, 0.717) is 0 Å². The van der Waals surface area contributed by atoms with Crippen LogP contribution >= 0.6 is 7.26 Å². The Balaban J connectivity index is 2.79. The van der Waals surface area contributed by atoms with Gasteiger partial charge in [0.05, 0.1) is 0 Å². The van der Waals surface area contributed by atoms with Crippen LogP contribution in [-0.4, -0.2) is 42.1 Å². The Labute approximate surface area is 127 Å². The van der Waals surface area contributed by atoms with Crippen LogP contribution in [0.1, 0.15) is 72.1 Å². The van der Waals surface area contributed by atoms with E-state index < -0.39 is 13.6 Å². The average Bonchev–Trinajstić information content (AvgIpc) is 2.47. The summed E-state index contributed by atoms with van der Waals surface area (Å²) >= 11 is 0. The maximum absolute atomic E-state index is 9.92. The zero-order chi connectivity index (χ0) is 14.8.